The summed E-state index contributed by atoms with van der Waals surface area (Å²) < 4.78 is 5.81. The minimum absolute atomic E-state index is 0.0494. The van der Waals surface area contributed by atoms with E-state index in [4.69, 9.17) is 4.74 Å². The number of ether oxygens (including phenoxy) is 1. The highest BCUT2D eigenvalue weighted by Gasteiger charge is 2.29. The molecule has 3 rings (SSSR count). The average Bonchev–Trinajstić information content (AvgIpc) is 3.03. The number of nitrogens with zero attached hydrogens (tertiary/aromatic N) is 2. The Labute approximate surface area is 123 Å². The molecular weight excluding hydrogens is 266 g/mol. The summed E-state index contributed by atoms with van der Waals surface area (Å²) in [6.45, 7) is 1.31. The van der Waals surface area contributed by atoms with Crippen LogP contribution in [-0.2, 0) is 4.74 Å². The fourth-order valence-corrected chi connectivity index (χ4v) is 2.58. The largest absolute Gasteiger partial charge is 0.373 e. The van der Waals surface area contributed by atoms with Gasteiger partial charge in [0.15, 0.2) is 0 Å². The molecule has 108 valence electrons. The molecule has 0 unspecified atom stereocenters. The lowest BCUT2D eigenvalue weighted by atomic mass is 9.95. The first-order valence-corrected chi connectivity index (χ1v) is 7.05. The topological polar surface area (TPSA) is 64.1 Å². The molecular formula is C16H17N3O2. The van der Waals surface area contributed by atoms with Crippen molar-refractivity contribution in [2.45, 2.75) is 12.5 Å². The molecule has 1 aliphatic rings. The Bertz CT molecular complexity index is 589. The molecule has 1 saturated heterocycles. The normalized spacial score (nSPS) is 21.1. The van der Waals surface area contributed by atoms with Crippen LogP contribution in [0.5, 0.6) is 0 Å². The van der Waals surface area contributed by atoms with Crippen LogP contribution in [0.25, 0.3) is 0 Å². The maximum absolute atomic E-state index is 12.0. The summed E-state index contributed by atoms with van der Waals surface area (Å²) in [5, 5.41) is 2.92. The van der Waals surface area contributed by atoms with Crippen LogP contribution >= 0.6 is 0 Å². The molecule has 1 aromatic heterocycles. The Kier molecular flexibility index (Phi) is 4.21. The number of hydrogen-bond donors (Lipinski definition) is 1. The summed E-state index contributed by atoms with van der Waals surface area (Å²) in [5.41, 5.74) is 1.50. The van der Waals surface area contributed by atoms with E-state index in [0.717, 1.165) is 18.6 Å². The van der Waals surface area contributed by atoms with Crippen molar-refractivity contribution in [3.8, 4) is 0 Å². The van der Waals surface area contributed by atoms with Gasteiger partial charge < -0.3 is 10.1 Å². The number of nitrogens with one attached hydrogen (secondary N) is 1. The highest BCUT2D eigenvalue weighted by molar-refractivity contribution is 5.91. The van der Waals surface area contributed by atoms with Crippen LogP contribution in [0.3, 0.4) is 0 Å². The molecule has 0 radical (unpaired) electrons. The van der Waals surface area contributed by atoms with E-state index in [2.05, 4.69) is 27.4 Å². The van der Waals surface area contributed by atoms with E-state index in [1.165, 1.54) is 12.4 Å². The summed E-state index contributed by atoms with van der Waals surface area (Å²) in [4.78, 5) is 19.9. The summed E-state index contributed by atoms with van der Waals surface area (Å²) in [7, 11) is 0. The lowest BCUT2D eigenvalue weighted by Crippen LogP contribution is -2.31. The third kappa shape index (κ3) is 3.25. The van der Waals surface area contributed by atoms with Crippen molar-refractivity contribution in [2.24, 2.45) is 5.92 Å². The zero-order valence-corrected chi connectivity index (χ0v) is 11.6. The lowest BCUT2D eigenvalue weighted by molar-refractivity contribution is 0.0844. The van der Waals surface area contributed by atoms with Gasteiger partial charge in [0, 0.05) is 31.5 Å². The molecule has 1 fully saturated rings. The molecule has 1 amide bonds. The van der Waals surface area contributed by atoms with Gasteiger partial charge in [0.2, 0.25) is 0 Å². The molecule has 5 heteroatoms. The number of carbonyl (C=O) groups is 1. The second-order valence-corrected chi connectivity index (χ2v) is 5.05. The van der Waals surface area contributed by atoms with E-state index >= 15 is 0 Å². The first kappa shape index (κ1) is 13.7. The van der Waals surface area contributed by atoms with Crippen molar-refractivity contribution < 1.29 is 9.53 Å². The molecule has 21 heavy (non-hydrogen) atoms. The Hall–Kier alpha value is -2.27. The van der Waals surface area contributed by atoms with Gasteiger partial charge in [0.05, 0.1) is 12.3 Å². The van der Waals surface area contributed by atoms with E-state index in [-0.39, 0.29) is 17.9 Å². The molecule has 0 spiro atoms. The maximum atomic E-state index is 12.0. The first-order chi connectivity index (χ1) is 10.3. The summed E-state index contributed by atoms with van der Waals surface area (Å²) in [5.74, 6) is 0.0924. The number of aromatic nitrogens is 2. The molecule has 1 aliphatic heterocycles. The fourth-order valence-electron chi connectivity index (χ4n) is 2.58. The zero-order valence-electron chi connectivity index (χ0n) is 11.6. The molecule has 0 saturated carbocycles. The SMILES string of the molecule is O=C(NC[C@H]1CCO[C@@H]1c1ccccc1)c1cnccn1. The van der Waals surface area contributed by atoms with Crippen LogP contribution in [-0.4, -0.2) is 29.0 Å². The highest BCUT2D eigenvalue weighted by atomic mass is 16.5. The van der Waals surface area contributed by atoms with E-state index in [1.54, 1.807) is 6.20 Å². The third-order valence-electron chi connectivity index (χ3n) is 3.66. The average molecular weight is 283 g/mol. The molecule has 0 bridgehead atoms. The van der Waals surface area contributed by atoms with Gasteiger partial charge in [-0.25, -0.2) is 4.98 Å². The number of carbonyl (C=O) groups excluding carboxylic acids is 1. The zero-order chi connectivity index (χ0) is 14.5. The van der Waals surface area contributed by atoms with Crippen LogP contribution in [0.1, 0.15) is 28.6 Å². The Morgan fingerprint density at radius 1 is 1.29 bits per heavy atom. The van der Waals surface area contributed by atoms with Crippen molar-refractivity contribution in [3.05, 3.63) is 60.2 Å². The highest BCUT2D eigenvalue weighted by Crippen LogP contribution is 2.33. The molecule has 2 atom stereocenters. The van der Waals surface area contributed by atoms with Crippen molar-refractivity contribution in [1.82, 2.24) is 15.3 Å². The van der Waals surface area contributed by atoms with E-state index in [1.807, 2.05) is 18.2 Å². The molecule has 1 aromatic carbocycles. The van der Waals surface area contributed by atoms with Gasteiger partial charge in [0.25, 0.3) is 5.91 Å². The Balaban J connectivity index is 1.61. The monoisotopic (exact) mass is 283 g/mol. The van der Waals surface area contributed by atoms with Gasteiger partial charge >= 0.3 is 0 Å². The van der Waals surface area contributed by atoms with Crippen molar-refractivity contribution in [3.63, 3.8) is 0 Å². The molecule has 2 aromatic rings. The molecule has 0 aliphatic carbocycles. The van der Waals surface area contributed by atoms with Gasteiger partial charge in [-0.2, -0.15) is 0 Å². The Morgan fingerprint density at radius 3 is 2.90 bits per heavy atom. The minimum Gasteiger partial charge on any atom is -0.373 e. The number of rotatable bonds is 4. The van der Waals surface area contributed by atoms with Gasteiger partial charge in [-0.1, -0.05) is 30.3 Å². The molecule has 5 nitrogen and oxygen atoms in total. The van der Waals surface area contributed by atoms with Crippen molar-refractivity contribution >= 4 is 5.91 Å². The van der Waals surface area contributed by atoms with E-state index in [0.29, 0.717) is 12.2 Å². The Morgan fingerprint density at radius 2 is 2.14 bits per heavy atom. The lowest BCUT2D eigenvalue weighted by Gasteiger charge is -2.19. The standard InChI is InChI=1S/C16H17N3O2/c20-16(14-11-17-7-8-18-14)19-10-13-6-9-21-15(13)12-4-2-1-3-5-12/h1-5,7-8,11,13,15H,6,9-10H2,(H,19,20)/t13-,15-/m1/s1. The summed E-state index contributed by atoms with van der Waals surface area (Å²) >= 11 is 0. The summed E-state index contributed by atoms with van der Waals surface area (Å²) in [6, 6.07) is 10.1. The predicted molar refractivity (Wildman–Crippen MR) is 77.6 cm³/mol. The number of hydrogen-bond acceptors (Lipinski definition) is 4. The van der Waals surface area contributed by atoms with Crippen LogP contribution in [0, 0.1) is 5.92 Å². The summed E-state index contributed by atoms with van der Waals surface area (Å²) in [6.07, 6.45) is 5.52. The van der Waals surface area contributed by atoms with Crippen LogP contribution in [0.4, 0.5) is 0 Å². The second-order valence-electron chi connectivity index (χ2n) is 5.05. The first-order valence-electron chi connectivity index (χ1n) is 7.05. The number of benzene rings is 1. The smallest absolute Gasteiger partial charge is 0.271 e. The van der Waals surface area contributed by atoms with Crippen molar-refractivity contribution in [2.75, 3.05) is 13.2 Å². The third-order valence-corrected chi connectivity index (χ3v) is 3.66. The molecule has 1 N–H and O–H groups in total. The maximum Gasteiger partial charge on any atom is 0.271 e. The molecule has 2 heterocycles. The fraction of sp³-hybridized carbons (Fsp3) is 0.312. The van der Waals surface area contributed by atoms with Gasteiger partial charge in [-0.15, -0.1) is 0 Å². The second kappa shape index (κ2) is 6.45. The predicted octanol–water partition coefficient (Wildman–Crippen LogP) is 1.98. The quantitative estimate of drug-likeness (QED) is 0.932. The van der Waals surface area contributed by atoms with Gasteiger partial charge in [0.1, 0.15) is 5.69 Å². The van der Waals surface area contributed by atoms with Gasteiger partial charge in [-0.05, 0) is 12.0 Å². The van der Waals surface area contributed by atoms with Crippen LogP contribution in [0.2, 0.25) is 0 Å². The minimum atomic E-state index is -0.193. The van der Waals surface area contributed by atoms with Gasteiger partial charge in [-0.3, -0.25) is 9.78 Å². The van der Waals surface area contributed by atoms with Crippen LogP contribution < -0.4 is 5.32 Å². The van der Waals surface area contributed by atoms with Crippen LogP contribution in [0.15, 0.2) is 48.9 Å². The number of amides is 1. The van der Waals surface area contributed by atoms with Crippen molar-refractivity contribution in [1.29, 1.82) is 0 Å². The van der Waals surface area contributed by atoms with E-state index < -0.39 is 0 Å². The van der Waals surface area contributed by atoms with E-state index in [9.17, 15) is 4.79 Å².